The second-order valence-corrected chi connectivity index (χ2v) is 4.35. The zero-order valence-electron chi connectivity index (χ0n) is 10.7. The van der Waals surface area contributed by atoms with Crippen LogP contribution in [-0.4, -0.2) is 61.4 Å². The van der Waals surface area contributed by atoms with Crippen LogP contribution in [0.5, 0.6) is 0 Å². The van der Waals surface area contributed by atoms with Crippen LogP contribution in [0.3, 0.4) is 0 Å². The zero-order valence-corrected chi connectivity index (χ0v) is 10.7. The van der Waals surface area contributed by atoms with Crippen LogP contribution in [0, 0.1) is 0 Å². The van der Waals surface area contributed by atoms with Crippen molar-refractivity contribution in [2.45, 2.75) is 13.3 Å². The molecular formula is C12H21N3O2. The van der Waals surface area contributed by atoms with E-state index >= 15 is 0 Å². The molecule has 0 aliphatic carbocycles. The molecule has 0 aromatic rings. The predicted octanol–water partition coefficient (Wildman–Crippen LogP) is -0.157. The predicted molar refractivity (Wildman–Crippen MR) is 66.5 cm³/mol. The zero-order chi connectivity index (χ0) is 12.8. The first-order valence-corrected chi connectivity index (χ1v) is 5.95. The van der Waals surface area contributed by atoms with E-state index in [1.807, 2.05) is 14.0 Å². The van der Waals surface area contributed by atoms with Gasteiger partial charge in [-0.2, -0.15) is 0 Å². The van der Waals surface area contributed by atoms with E-state index in [4.69, 9.17) is 0 Å². The van der Waals surface area contributed by atoms with E-state index in [9.17, 15) is 9.59 Å². The highest BCUT2D eigenvalue weighted by atomic mass is 16.2. The van der Waals surface area contributed by atoms with Gasteiger partial charge in [0.2, 0.25) is 11.8 Å². The fourth-order valence-electron chi connectivity index (χ4n) is 1.90. The summed E-state index contributed by atoms with van der Waals surface area (Å²) in [5.74, 6) is 0.0408. The Kier molecular flexibility index (Phi) is 5.15. The molecule has 0 spiro atoms. The summed E-state index contributed by atoms with van der Waals surface area (Å²) in [5, 5.41) is 2.98. The average molecular weight is 239 g/mol. The van der Waals surface area contributed by atoms with Crippen molar-refractivity contribution in [3.63, 3.8) is 0 Å². The highest BCUT2D eigenvalue weighted by Gasteiger charge is 2.29. The lowest BCUT2D eigenvalue weighted by Gasteiger charge is -2.34. The smallest absolute Gasteiger partial charge is 0.242 e. The minimum atomic E-state index is 0.00954. The van der Waals surface area contributed by atoms with Gasteiger partial charge in [0.25, 0.3) is 0 Å². The SMILES string of the molecule is C=C(CNC)CN1CC(=O)N(CCC)CC1=O. The molecule has 96 valence electrons. The van der Waals surface area contributed by atoms with E-state index in [1.165, 1.54) is 0 Å². The molecule has 1 fully saturated rings. The summed E-state index contributed by atoms with van der Waals surface area (Å²) in [6.07, 6.45) is 0.880. The molecule has 0 unspecified atom stereocenters. The molecule has 17 heavy (non-hydrogen) atoms. The van der Waals surface area contributed by atoms with E-state index in [-0.39, 0.29) is 24.9 Å². The Balaban J connectivity index is 2.52. The summed E-state index contributed by atoms with van der Waals surface area (Å²) < 4.78 is 0. The van der Waals surface area contributed by atoms with Gasteiger partial charge in [-0.15, -0.1) is 0 Å². The van der Waals surface area contributed by atoms with Crippen LogP contribution in [0.4, 0.5) is 0 Å². The van der Waals surface area contributed by atoms with Gasteiger partial charge in [-0.25, -0.2) is 0 Å². The van der Waals surface area contributed by atoms with Crippen LogP contribution in [0.1, 0.15) is 13.3 Å². The molecule has 0 aromatic carbocycles. The van der Waals surface area contributed by atoms with Gasteiger partial charge in [0.15, 0.2) is 0 Å². The van der Waals surface area contributed by atoms with Crippen molar-refractivity contribution in [1.29, 1.82) is 0 Å². The Hall–Kier alpha value is -1.36. The summed E-state index contributed by atoms with van der Waals surface area (Å²) >= 11 is 0. The highest BCUT2D eigenvalue weighted by Crippen LogP contribution is 2.07. The van der Waals surface area contributed by atoms with Crippen molar-refractivity contribution in [2.75, 3.05) is 39.8 Å². The molecule has 1 heterocycles. The first-order chi connectivity index (χ1) is 8.08. The number of carbonyl (C=O) groups excluding carboxylic acids is 2. The first kappa shape index (κ1) is 13.7. The minimum absolute atomic E-state index is 0.00954. The Morgan fingerprint density at radius 2 is 1.88 bits per heavy atom. The fourth-order valence-corrected chi connectivity index (χ4v) is 1.90. The van der Waals surface area contributed by atoms with Crippen molar-refractivity contribution in [3.8, 4) is 0 Å². The van der Waals surface area contributed by atoms with Gasteiger partial charge in [-0.05, 0) is 19.0 Å². The number of hydrogen-bond acceptors (Lipinski definition) is 3. The number of hydrogen-bond donors (Lipinski definition) is 1. The van der Waals surface area contributed by atoms with E-state index in [0.717, 1.165) is 12.0 Å². The number of nitrogens with zero attached hydrogens (tertiary/aromatic N) is 2. The Morgan fingerprint density at radius 3 is 2.47 bits per heavy atom. The van der Waals surface area contributed by atoms with Crippen LogP contribution in [0.25, 0.3) is 0 Å². The van der Waals surface area contributed by atoms with Gasteiger partial charge in [0.1, 0.15) is 6.54 Å². The number of likely N-dealkylation sites (N-methyl/N-ethyl adjacent to an activating group) is 1. The lowest BCUT2D eigenvalue weighted by molar-refractivity contribution is -0.149. The third-order valence-electron chi connectivity index (χ3n) is 2.69. The molecule has 5 nitrogen and oxygen atoms in total. The van der Waals surface area contributed by atoms with Gasteiger partial charge in [-0.3, -0.25) is 9.59 Å². The van der Waals surface area contributed by atoms with E-state index in [2.05, 4.69) is 11.9 Å². The Labute approximate surface area is 102 Å². The van der Waals surface area contributed by atoms with Crippen molar-refractivity contribution in [2.24, 2.45) is 0 Å². The van der Waals surface area contributed by atoms with Crippen molar-refractivity contribution < 1.29 is 9.59 Å². The number of rotatable bonds is 6. The van der Waals surface area contributed by atoms with Gasteiger partial charge >= 0.3 is 0 Å². The Morgan fingerprint density at radius 1 is 1.29 bits per heavy atom. The van der Waals surface area contributed by atoms with Crippen LogP contribution in [-0.2, 0) is 9.59 Å². The molecule has 1 saturated heterocycles. The Bertz CT molecular complexity index is 315. The number of nitrogens with one attached hydrogen (secondary N) is 1. The summed E-state index contributed by atoms with van der Waals surface area (Å²) in [6, 6.07) is 0. The first-order valence-electron chi connectivity index (χ1n) is 5.95. The van der Waals surface area contributed by atoms with Gasteiger partial charge < -0.3 is 15.1 Å². The largest absolute Gasteiger partial charge is 0.332 e. The molecule has 5 heteroatoms. The van der Waals surface area contributed by atoms with E-state index < -0.39 is 0 Å². The number of amides is 2. The molecule has 0 bridgehead atoms. The number of piperazine rings is 1. The quantitative estimate of drug-likeness (QED) is 0.655. The molecular weight excluding hydrogens is 218 g/mol. The van der Waals surface area contributed by atoms with E-state index in [1.54, 1.807) is 9.80 Å². The molecule has 0 atom stereocenters. The molecule has 0 aromatic heterocycles. The maximum absolute atomic E-state index is 11.8. The second-order valence-electron chi connectivity index (χ2n) is 4.35. The minimum Gasteiger partial charge on any atom is -0.332 e. The van der Waals surface area contributed by atoms with Crippen molar-refractivity contribution >= 4 is 11.8 Å². The monoisotopic (exact) mass is 239 g/mol. The molecule has 1 N–H and O–H groups in total. The second kappa shape index (κ2) is 6.39. The standard InChI is InChI=1S/C12H21N3O2/c1-4-5-14-8-12(17)15(9-11(14)16)7-10(2)6-13-3/h13H,2,4-9H2,1,3H3. The third-order valence-corrected chi connectivity index (χ3v) is 2.69. The fraction of sp³-hybridized carbons (Fsp3) is 0.667. The summed E-state index contributed by atoms with van der Waals surface area (Å²) in [7, 11) is 1.83. The topological polar surface area (TPSA) is 52.7 Å². The molecule has 1 aliphatic heterocycles. The maximum atomic E-state index is 11.8. The summed E-state index contributed by atoms with van der Waals surface area (Å²) in [5.41, 5.74) is 0.914. The maximum Gasteiger partial charge on any atom is 0.242 e. The highest BCUT2D eigenvalue weighted by molar-refractivity contribution is 5.92. The lowest BCUT2D eigenvalue weighted by atomic mass is 10.2. The van der Waals surface area contributed by atoms with Crippen molar-refractivity contribution in [1.82, 2.24) is 15.1 Å². The molecule has 0 radical (unpaired) electrons. The van der Waals surface area contributed by atoms with Crippen LogP contribution >= 0.6 is 0 Å². The molecule has 0 saturated carbocycles. The van der Waals surface area contributed by atoms with Gasteiger partial charge in [0.05, 0.1) is 6.54 Å². The third kappa shape index (κ3) is 3.85. The molecule has 1 rings (SSSR count). The van der Waals surface area contributed by atoms with E-state index in [0.29, 0.717) is 19.6 Å². The summed E-state index contributed by atoms with van der Waals surface area (Å²) in [4.78, 5) is 26.8. The van der Waals surface area contributed by atoms with Crippen LogP contribution in [0.15, 0.2) is 12.2 Å². The van der Waals surface area contributed by atoms with Crippen LogP contribution in [0.2, 0.25) is 0 Å². The van der Waals surface area contributed by atoms with Crippen molar-refractivity contribution in [3.05, 3.63) is 12.2 Å². The van der Waals surface area contributed by atoms with Gasteiger partial charge in [-0.1, -0.05) is 13.5 Å². The van der Waals surface area contributed by atoms with Crippen LogP contribution < -0.4 is 5.32 Å². The average Bonchev–Trinajstić information content (AvgIpc) is 2.26. The van der Waals surface area contributed by atoms with Gasteiger partial charge in [0, 0.05) is 19.6 Å². The lowest BCUT2D eigenvalue weighted by Crippen LogP contribution is -2.54. The normalized spacial score (nSPS) is 16.6. The molecule has 1 aliphatic rings. The number of carbonyl (C=O) groups is 2. The summed E-state index contributed by atoms with van der Waals surface area (Å²) in [6.45, 7) is 8.05. The molecule has 2 amide bonds.